The summed E-state index contributed by atoms with van der Waals surface area (Å²) in [6.45, 7) is 4.33. The molecule has 10 heteroatoms. The van der Waals surface area contributed by atoms with E-state index in [0.29, 0.717) is 17.4 Å². The van der Waals surface area contributed by atoms with E-state index < -0.39 is 26.5 Å². The van der Waals surface area contributed by atoms with Crippen LogP contribution in [0, 0.1) is 0 Å². The van der Waals surface area contributed by atoms with Gasteiger partial charge in [-0.25, -0.2) is 4.57 Å². The molecule has 0 radical (unpaired) electrons. The maximum atomic E-state index is 12.8. The van der Waals surface area contributed by atoms with Crippen LogP contribution in [0.1, 0.15) is 316 Å². The van der Waals surface area contributed by atoms with Crippen molar-refractivity contribution in [1.29, 1.82) is 0 Å². The van der Waals surface area contributed by atoms with Gasteiger partial charge < -0.3 is 18.9 Å². The van der Waals surface area contributed by atoms with E-state index in [1.807, 2.05) is 21.1 Å². The standard InChI is InChI=1S/C67H126NO8P/c1-6-8-10-12-14-16-18-20-22-24-25-26-27-28-29-30-31-32-33-34-35-36-37-38-39-40-41-42-44-45-47-49-51-53-55-57-59-66(69)73-63-65(64-75-77(71,72)74-62-61-68(3,4)5)76-67(70)60-58-56-54-52-50-48-46-43-23-21-19-17-15-13-11-9-7-2/h9,11,15,17,21,23,46,48,65H,6-8,10,12-14,16,18-20,22,24-45,47,49-64H2,1-5H3/p+1/b11-9-,17-15-,23-21-,48-46-. The second-order valence-electron chi connectivity index (χ2n) is 23.5. The van der Waals surface area contributed by atoms with Crippen LogP contribution in [-0.4, -0.2) is 74.9 Å². The Hall–Kier alpha value is -2.03. The van der Waals surface area contributed by atoms with E-state index in [0.717, 1.165) is 70.6 Å². The highest BCUT2D eigenvalue weighted by Gasteiger charge is 2.27. The zero-order valence-corrected chi connectivity index (χ0v) is 52.4. The first kappa shape index (κ1) is 75.0. The van der Waals surface area contributed by atoms with E-state index in [2.05, 4.69) is 62.5 Å². The zero-order valence-electron chi connectivity index (χ0n) is 51.5. The van der Waals surface area contributed by atoms with Crippen molar-refractivity contribution in [3.63, 3.8) is 0 Å². The molecule has 2 unspecified atom stereocenters. The minimum Gasteiger partial charge on any atom is -0.462 e. The number of ether oxygens (including phenoxy) is 2. The Morgan fingerprint density at radius 2 is 0.740 bits per heavy atom. The largest absolute Gasteiger partial charge is 0.472 e. The molecule has 2 atom stereocenters. The molecule has 0 rings (SSSR count). The summed E-state index contributed by atoms with van der Waals surface area (Å²) in [6, 6.07) is 0. The maximum absolute atomic E-state index is 12.8. The summed E-state index contributed by atoms with van der Waals surface area (Å²) >= 11 is 0. The highest BCUT2D eigenvalue weighted by atomic mass is 31.2. The molecule has 9 nitrogen and oxygen atoms in total. The number of likely N-dealkylation sites (N-methyl/N-ethyl adjacent to an activating group) is 1. The molecule has 0 aromatic heterocycles. The van der Waals surface area contributed by atoms with Crippen molar-refractivity contribution in [2.24, 2.45) is 0 Å². The lowest BCUT2D eigenvalue weighted by atomic mass is 10.0. The molecule has 77 heavy (non-hydrogen) atoms. The second-order valence-corrected chi connectivity index (χ2v) is 24.9. The van der Waals surface area contributed by atoms with Gasteiger partial charge in [0.1, 0.15) is 19.8 Å². The number of phosphoric acid groups is 1. The number of phosphoric ester groups is 1. The average Bonchev–Trinajstić information content (AvgIpc) is 3.39. The van der Waals surface area contributed by atoms with Crippen molar-refractivity contribution in [2.75, 3.05) is 47.5 Å². The second kappa shape index (κ2) is 58.6. The Morgan fingerprint density at radius 3 is 1.10 bits per heavy atom. The number of rotatable bonds is 61. The van der Waals surface area contributed by atoms with Crippen LogP contribution in [0.4, 0.5) is 0 Å². The number of quaternary nitrogens is 1. The summed E-state index contributed by atoms with van der Waals surface area (Å²) < 4.78 is 34.6. The molecule has 0 amide bonds. The van der Waals surface area contributed by atoms with Crippen LogP contribution in [0.5, 0.6) is 0 Å². The van der Waals surface area contributed by atoms with Gasteiger partial charge in [-0.2, -0.15) is 0 Å². The number of carbonyl (C=O) groups excluding carboxylic acids is 2. The van der Waals surface area contributed by atoms with Gasteiger partial charge in [-0.15, -0.1) is 0 Å². The van der Waals surface area contributed by atoms with Gasteiger partial charge in [-0.05, 0) is 51.4 Å². The smallest absolute Gasteiger partial charge is 0.462 e. The topological polar surface area (TPSA) is 108 Å². The number of hydrogen-bond acceptors (Lipinski definition) is 7. The SMILES string of the molecule is CC/C=C\C/C=C\C/C=C\C/C=C\CCCCCCC(=O)OC(COC(=O)CCCCCCCCCCCCCCCCCCCCCCCCCCCCCCCCCCCCCC)COP(=O)(O)OCC[N+](C)(C)C. The molecule has 0 saturated carbocycles. The number of unbranched alkanes of at least 4 members (excludes halogenated alkanes) is 39. The molecule has 0 aromatic rings. The predicted molar refractivity (Wildman–Crippen MR) is 330 cm³/mol. The van der Waals surface area contributed by atoms with Gasteiger partial charge in [0.25, 0.3) is 0 Å². The molecule has 0 aliphatic rings. The quantitative estimate of drug-likeness (QED) is 0.0211. The number of hydrogen-bond donors (Lipinski definition) is 1. The predicted octanol–water partition coefficient (Wildman–Crippen LogP) is 20.9. The van der Waals surface area contributed by atoms with E-state index in [9.17, 15) is 19.0 Å². The first-order valence-corrected chi connectivity index (χ1v) is 34.4. The molecule has 0 aliphatic heterocycles. The Morgan fingerprint density at radius 1 is 0.416 bits per heavy atom. The number of nitrogens with zero attached hydrogens (tertiary/aromatic N) is 1. The van der Waals surface area contributed by atoms with E-state index in [-0.39, 0.29) is 32.0 Å². The summed E-state index contributed by atoms with van der Waals surface area (Å²) in [5.74, 6) is -0.814. The lowest BCUT2D eigenvalue weighted by molar-refractivity contribution is -0.870. The van der Waals surface area contributed by atoms with Crippen LogP contribution in [0.15, 0.2) is 48.6 Å². The zero-order chi connectivity index (χ0) is 56.3. The van der Waals surface area contributed by atoms with Crippen molar-refractivity contribution in [2.45, 2.75) is 322 Å². The Kier molecular flexibility index (Phi) is 57.1. The van der Waals surface area contributed by atoms with Gasteiger partial charge in [0.2, 0.25) is 0 Å². The molecule has 0 saturated heterocycles. The van der Waals surface area contributed by atoms with Gasteiger partial charge in [0.05, 0.1) is 27.7 Å². The maximum Gasteiger partial charge on any atom is 0.472 e. The fourth-order valence-electron chi connectivity index (χ4n) is 9.60. The minimum atomic E-state index is -4.39. The van der Waals surface area contributed by atoms with Gasteiger partial charge in [0.15, 0.2) is 6.10 Å². The van der Waals surface area contributed by atoms with Crippen LogP contribution >= 0.6 is 7.82 Å². The molecule has 1 N–H and O–H groups in total. The number of carbonyl (C=O) groups is 2. The van der Waals surface area contributed by atoms with Crippen molar-refractivity contribution < 1.29 is 42.1 Å². The molecule has 0 heterocycles. The molecule has 0 bridgehead atoms. The van der Waals surface area contributed by atoms with Crippen molar-refractivity contribution in [3.05, 3.63) is 48.6 Å². The number of allylic oxidation sites excluding steroid dienone is 8. The third kappa shape index (κ3) is 63.0. The van der Waals surface area contributed by atoms with Crippen LogP contribution < -0.4 is 0 Å². The van der Waals surface area contributed by atoms with Crippen molar-refractivity contribution in [3.8, 4) is 0 Å². The summed E-state index contributed by atoms with van der Waals surface area (Å²) in [7, 11) is 1.47. The highest BCUT2D eigenvalue weighted by Crippen LogP contribution is 2.43. The fourth-order valence-corrected chi connectivity index (χ4v) is 10.3. The van der Waals surface area contributed by atoms with E-state index in [1.54, 1.807) is 0 Å². The monoisotopic (exact) mass is 1100 g/mol. The Balaban J connectivity index is 3.93. The third-order valence-corrected chi connectivity index (χ3v) is 15.6. The van der Waals surface area contributed by atoms with E-state index >= 15 is 0 Å². The summed E-state index contributed by atoms with van der Waals surface area (Å²) in [4.78, 5) is 35.7. The molecule has 452 valence electrons. The van der Waals surface area contributed by atoms with Crippen LogP contribution in [0.2, 0.25) is 0 Å². The van der Waals surface area contributed by atoms with Crippen molar-refractivity contribution in [1.82, 2.24) is 0 Å². The minimum absolute atomic E-state index is 0.0266. The molecule has 0 spiro atoms. The lowest BCUT2D eigenvalue weighted by Gasteiger charge is -2.24. The lowest BCUT2D eigenvalue weighted by Crippen LogP contribution is -2.37. The van der Waals surface area contributed by atoms with Gasteiger partial charge in [-0.1, -0.05) is 300 Å². The summed E-state index contributed by atoms with van der Waals surface area (Å²) in [6.07, 6.45) is 75.2. The first-order chi connectivity index (χ1) is 37.5. The molecule has 0 aliphatic carbocycles. The Labute approximate surface area is 477 Å². The summed E-state index contributed by atoms with van der Waals surface area (Å²) in [5.41, 5.74) is 0. The van der Waals surface area contributed by atoms with E-state index in [4.69, 9.17) is 18.5 Å². The highest BCUT2D eigenvalue weighted by molar-refractivity contribution is 7.47. The van der Waals surface area contributed by atoms with Crippen molar-refractivity contribution >= 4 is 19.8 Å². The van der Waals surface area contributed by atoms with E-state index in [1.165, 1.54) is 212 Å². The molecular formula is C67H127NO8P+. The Bertz CT molecular complexity index is 1440. The molecular weight excluding hydrogens is 978 g/mol. The van der Waals surface area contributed by atoms with Gasteiger partial charge in [0, 0.05) is 12.8 Å². The third-order valence-electron chi connectivity index (χ3n) is 14.6. The van der Waals surface area contributed by atoms with Crippen LogP contribution in [0.25, 0.3) is 0 Å². The molecule has 0 aromatic carbocycles. The van der Waals surface area contributed by atoms with Crippen LogP contribution in [-0.2, 0) is 32.7 Å². The normalized spacial score (nSPS) is 13.5. The molecule has 0 fully saturated rings. The first-order valence-electron chi connectivity index (χ1n) is 32.9. The fraction of sp³-hybridized carbons (Fsp3) is 0.851. The van der Waals surface area contributed by atoms with Gasteiger partial charge >= 0.3 is 19.8 Å². The average molecular weight is 1110 g/mol. The number of esters is 2. The van der Waals surface area contributed by atoms with Gasteiger partial charge in [-0.3, -0.25) is 18.6 Å². The summed E-state index contributed by atoms with van der Waals surface area (Å²) in [5, 5.41) is 0. The van der Waals surface area contributed by atoms with Crippen LogP contribution in [0.3, 0.4) is 0 Å².